The summed E-state index contributed by atoms with van der Waals surface area (Å²) in [4.78, 5) is 11.0. The normalized spacial score (nSPS) is 20.9. The fourth-order valence-electron chi connectivity index (χ4n) is 3.13. The van der Waals surface area contributed by atoms with Crippen LogP contribution in [0, 0.1) is 0 Å². The van der Waals surface area contributed by atoms with E-state index < -0.39 is 0 Å². The Hall–Kier alpha value is -1.04. The lowest BCUT2D eigenvalue weighted by Gasteiger charge is -2.48. The maximum Gasteiger partial charge on any atom is 0.115 e. The molecule has 1 aromatic rings. The molecule has 0 amide bonds. The number of hydrogen-bond donors (Lipinski definition) is 1. The van der Waals surface area contributed by atoms with E-state index in [9.17, 15) is 0 Å². The van der Waals surface area contributed by atoms with Gasteiger partial charge in [-0.25, -0.2) is 9.97 Å². The van der Waals surface area contributed by atoms with Crippen molar-refractivity contribution in [3.63, 3.8) is 0 Å². The van der Waals surface area contributed by atoms with Gasteiger partial charge in [0.25, 0.3) is 0 Å². The standard InChI is InChI=1S/C16H28N4O/c1-4-6-19-15(14-11-17-13-18-12-14)16(3,5-2)20-7-9-21-10-8-20/h11-13,15,19H,4-10H2,1-3H3. The third kappa shape index (κ3) is 3.78. The van der Waals surface area contributed by atoms with E-state index in [4.69, 9.17) is 4.74 Å². The number of hydrogen-bond acceptors (Lipinski definition) is 5. The smallest absolute Gasteiger partial charge is 0.115 e. The summed E-state index contributed by atoms with van der Waals surface area (Å²) in [6, 6.07) is 0.238. The number of ether oxygens (including phenoxy) is 1. The lowest BCUT2D eigenvalue weighted by molar-refractivity contribution is -0.0329. The van der Waals surface area contributed by atoms with Gasteiger partial charge in [-0.05, 0) is 26.3 Å². The second-order valence-corrected chi connectivity index (χ2v) is 5.87. The van der Waals surface area contributed by atoms with E-state index >= 15 is 0 Å². The van der Waals surface area contributed by atoms with Crippen molar-refractivity contribution in [3.05, 3.63) is 24.3 Å². The molecule has 1 aliphatic rings. The average Bonchev–Trinajstić information content (AvgIpc) is 2.56. The summed E-state index contributed by atoms with van der Waals surface area (Å²) in [5.41, 5.74) is 1.21. The van der Waals surface area contributed by atoms with Crippen LogP contribution in [0.5, 0.6) is 0 Å². The highest BCUT2D eigenvalue weighted by Gasteiger charge is 2.39. The van der Waals surface area contributed by atoms with Gasteiger partial charge in [0, 0.05) is 36.6 Å². The molecule has 1 aliphatic heterocycles. The molecule has 0 spiro atoms. The Bertz CT molecular complexity index is 408. The maximum absolute atomic E-state index is 5.52. The van der Waals surface area contributed by atoms with Gasteiger partial charge in [0.2, 0.25) is 0 Å². The molecule has 2 heterocycles. The first-order valence-electron chi connectivity index (χ1n) is 8.03. The fourth-order valence-corrected chi connectivity index (χ4v) is 3.13. The van der Waals surface area contributed by atoms with E-state index in [2.05, 4.69) is 41.0 Å². The lowest BCUT2D eigenvalue weighted by Crippen LogP contribution is -2.57. The van der Waals surface area contributed by atoms with Crippen molar-refractivity contribution < 1.29 is 4.74 Å². The van der Waals surface area contributed by atoms with Crippen LogP contribution >= 0.6 is 0 Å². The molecule has 2 rings (SSSR count). The number of aromatic nitrogens is 2. The molecule has 1 aromatic heterocycles. The lowest BCUT2D eigenvalue weighted by atomic mass is 9.83. The summed E-state index contributed by atoms with van der Waals surface area (Å²) in [6.07, 6.45) is 7.66. The summed E-state index contributed by atoms with van der Waals surface area (Å²) in [5.74, 6) is 0. The molecule has 1 N–H and O–H groups in total. The minimum Gasteiger partial charge on any atom is -0.379 e. The van der Waals surface area contributed by atoms with Crippen molar-refractivity contribution in [2.45, 2.75) is 45.2 Å². The topological polar surface area (TPSA) is 50.3 Å². The van der Waals surface area contributed by atoms with Crippen LogP contribution in [0.1, 0.15) is 45.2 Å². The summed E-state index contributed by atoms with van der Waals surface area (Å²) >= 11 is 0. The molecule has 0 aliphatic carbocycles. The summed E-state index contributed by atoms with van der Waals surface area (Å²) in [6.45, 7) is 11.4. The van der Waals surface area contributed by atoms with Crippen molar-refractivity contribution in [2.24, 2.45) is 0 Å². The fraction of sp³-hybridized carbons (Fsp3) is 0.750. The third-order valence-corrected chi connectivity index (χ3v) is 4.58. The highest BCUT2D eigenvalue weighted by atomic mass is 16.5. The van der Waals surface area contributed by atoms with Gasteiger partial charge in [-0.15, -0.1) is 0 Å². The summed E-state index contributed by atoms with van der Waals surface area (Å²) in [5, 5.41) is 3.71. The minimum atomic E-state index is 0.0453. The zero-order chi connectivity index (χ0) is 15.1. The van der Waals surface area contributed by atoms with Gasteiger partial charge in [-0.1, -0.05) is 13.8 Å². The van der Waals surface area contributed by atoms with Crippen LogP contribution in [0.15, 0.2) is 18.7 Å². The average molecular weight is 292 g/mol. The van der Waals surface area contributed by atoms with Crippen LogP contribution in [0.3, 0.4) is 0 Å². The third-order valence-electron chi connectivity index (χ3n) is 4.58. The zero-order valence-corrected chi connectivity index (χ0v) is 13.5. The number of rotatable bonds is 7. The molecule has 1 fully saturated rings. The molecule has 5 heteroatoms. The van der Waals surface area contributed by atoms with Gasteiger partial charge in [0.1, 0.15) is 6.33 Å². The summed E-state index contributed by atoms with van der Waals surface area (Å²) in [7, 11) is 0. The summed E-state index contributed by atoms with van der Waals surface area (Å²) < 4.78 is 5.52. The Morgan fingerprint density at radius 2 is 1.95 bits per heavy atom. The van der Waals surface area contributed by atoms with Crippen LogP contribution in [-0.2, 0) is 4.74 Å². The van der Waals surface area contributed by atoms with E-state index in [0.29, 0.717) is 0 Å². The van der Waals surface area contributed by atoms with Gasteiger partial charge >= 0.3 is 0 Å². The zero-order valence-electron chi connectivity index (χ0n) is 13.5. The highest BCUT2D eigenvalue weighted by Crippen LogP contribution is 2.34. The molecule has 118 valence electrons. The van der Waals surface area contributed by atoms with Gasteiger partial charge < -0.3 is 10.1 Å². The van der Waals surface area contributed by atoms with Crippen LogP contribution < -0.4 is 5.32 Å². The molecule has 21 heavy (non-hydrogen) atoms. The van der Waals surface area contributed by atoms with Gasteiger partial charge in [0.15, 0.2) is 0 Å². The second kappa shape index (κ2) is 7.82. The highest BCUT2D eigenvalue weighted by molar-refractivity contribution is 5.17. The predicted molar refractivity (Wildman–Crippen MR) is 84.2 cm³/mol. The van der Waals surface area contributed by atoms with Crippen LogP contribution in [-0.4, -0.2) is 53.3 Å². The van der Waals surface area contributed by atoms with Crippen molar-refractivity contribution in [3.8, 4) is 0 Å². The Labute approximate surface area is 128 Å². The number of nitrogens with zero attached hydrogens (tertiary/aromatic N) is 3. The second-order valence-electron chi connectivity index (χ2n) is 5.87. The molecule has 5 nitrogen and oxygen atoms in total. The number of morpholine rings is 1. The van der Waals surface area contributed by atoms with Crippen LogP contribution in [0.4, 0.5) is 0 Å². The van der Waals surface area contributed by atoms with E-state index in [0.717, 1.165) is 45.7 Å². The largest absolute Gasteiger partial charge is 0.379 e. The SMILES string of the molecule is CCCNC(c1cncnc1)C(C)(CC)N1CCOCC1. The van der Waals surface area contributed by atoms with Gasteiger partial charge in [-0.2, -0.15) is 0 Å². The van der Waals surface area contributed by atoms with E-state index in [1.54, 1.807) is 6.33 Å². The number of nitrogens with one attached hydrogen (secondary N) is 1. The van der Waals surface area contributed by atoms with Crippen molar-refractivity contribution in [1.29, 1.82) is 0 Å². The monoisotopic (exact) mass is 292 g/mol. The van der Waals surface area contributed by atoms with E-state index in [-0.39, 0.29) is 11.6 Å². The van der Waals surface area contributed by atoms with Crippen molar-refractivity contribution in [1.82, 2.24) is 20.2 Å². The Morgan fingerprint density at radius 3 is 2.52 bits per heavy atom. The van der Waals surface area contributed by atoms with Gasteiger partial charge in [-0.3, -0.25) is 4.90 Å². The molecule has 0 radical (unpaired) electrons. The van der Waals surface area contributed by atoms with E-state index in [1.165, 1.54) is 5.56 Å². The maximum atomic E-state index is 5.52. The Morgan fingerprint density at radius 1 is 1.29 bits per heavy atom. The van der Waals surface area contributed by atoms with E-state index in [1.807, 2.05) is 12.4 Å². The van der Waals surface area contributed by atoms with Crippen LogP contribution in [0.2, 0.25) is 0 Å². The van der Waals surface area contributed by atoms with Crippen molar-refractivity contribution in [2.75, 3.05) is 32.8 Å². The Kier molecular flexibility index (Phi) is 6.08. The van der Waals surface area contributed by atoms with Crippen LogP contribution in [0.25, 0.3) is 0 Å². The molecule has 2 atom stereocenters. The molecule has 0 saturated carbocycles. The quantitative estimate of drug-likeness (QED) is 0.833. The first-order chi connectivity index (χ1) is 10.2. The molecular weight excluding hydrogens is 264 g/mol. The predicted octanol–water partition coefficient (Wildman–Crippen LogP) is 2.02. The minimum absolute atomic E-state index is 0.0453. The first kappa shape index (κ1) is 16.3. The Balaban J connectivity index is 2.26. The molecule has 0 bridgehead atoms. The molecule has 2 unspecified atom stereocenters. The van der Waals surface area contributed by atoms with Crippen molar-refractivity contribution >= 4 is 0 Å². The molecule has 1 saturated heterocycles. The molecular formula is C16H28N4O. The molecule has 0 aromatic carbocycles. The first-order valence-corrected chi connectivity index (χ1v) is 8.03. The van der Waals surface area contributed by atoms with Gasteiger partial charge in [0.05, 0.1) is 19.3 Å².